The van der Waals surface area contributed by atoms with E-state index in [4.69, 9.17) is 0 Å². The Morgan fingerprint density at radius 2 is 1.91 bits per heavy atom. The monoisotopic (exact) mass is 455 g/mol. The molecule has 2 aliphatic heterocycles. The van der Waals surface area contributed by atoms with Gasteiger partial charge in [-0.1, -0.05) is 24.3 Å². The molecule has 1 N–H and O–H groups in total. The van der Waals surface area contributed by atoms with Gasteiger partial charge in [-0.05, 0) is 97.7 Å². The van der Waals surface area contributed by atoms with E-state index in [1.54, 1.807) is 18.5 Å². The lowest BCUT2D eigenvalue weighted by Crippen LogP contribution is -2.32. The largest absolute Gasteiger partial charge is 0.478 e. The lowest BCUT2D eigenvalue weighted by Gasteiger charge is -2.35. The molecular formula is C29H33N3O2. The number of likely N-dealkylation sites (N-methyl/N-ethyl adjacent to an activating group) is 1. The normalized spacial score (nSPS) is 18.2. The summed E-state index contributed by atoms with van der Waals surface area (Å²) in [4.78, 5) is 20.6. The molecule has 0 unspecified atom stereocenters. The van der Waals surface area contributed by atoms with Gasteiger partial charge >= 0.3 is 5.97 Å². The molecule has 0 bridgehead atoms. The number of hydrogen-bond acceptors (Lipinski definition) is 4. The second-order valence-electron chi connectivity index (χ2n) is 9.73. The average Bonchev–Trinajstić information content (AvgIpc) is 3.38. The van der Waals surface area contributed by atoms with Gasteiger partial charge in [0.25, 0.3) is 0 Å². The fraction of sp³-hybridized carbons (Fsp3) is 0.379. The molecule has 176 valence electrons. The Bertz CT molecular complexity index is 1200. The van der Waals surface area contributed by atoms with Crippen LogP contribution >= 0.6 is 0 Å². The van der Waals surface area contributed by atoms with Crippen LogP contribution in [-0.4, -0.2) is 47.6 Å². The van der Waals surface area contributed by atoms with Gasteiger partial charge in [-0.15, -0.1) is 0 Å². The molecule has 0 amide bonds. The Labute approximate surface area is 202 Å². The fourth-order valence-electron chi connectivity index (χ4n) is 5.65. The molecule has 0 radical (unpaired) electrons. The van der Waals surface area contributed by atoms with Crippen molar-refractivity contribution in [1.29, 1.82) is 0 Å². The number of hydrogen-bond donors (Lipinski definition) is 1. The molecule has 1 fully saturated rings. The standard InChI is InChI=1S/C29H33N3O2/c1-20-17-24(32-14-3-4-15-32)7-9-25(20)21-5-8-26-22(18-21)12-16-31(2)28(26)10-6-23-19-30-13-11-27(23)29(33)34/h5,7-9,11,13,17-19,28H,3-4,6,10,12,14-16H2,1-2H3,(H,33,34)/t28-/m0/s1. The molecule has 0 aliphatic carbocycles. The first-order valence-electron chi connectivity index (χ1n) is 12.4. The fourth-order valence-corrected chi connectivity index (χ4v) is 5.65. The van der Waals surface area contributed by atoms with Crippen LogP contribution in [0.15, 0.2) is 54.9 Å². The van der Waals surface area contributed by atoms with Crippen LogP contribution in [0.2, 0.25) is 0 Å². The van der Waals surface area contributed by atoms with Crippen LogP contribution in [0.3, 0.4) is 0 Å². The number of fused-ring (bicyclic) bond motifs is 1. The topological polar surface area (TPSA) is 56.7 Å². The van der Waals surface area contributed by atoms with E-state index in [1.165, 1.54) is 59.4 Å². The van der Waals surface area contributed by atoms with Crippen LogP contribution in [0, 0.1) is 6.92 Å². The Balaban J connectivity index is 1.38. The SMILES string of the molecule is Cc1cc(N2CCCC2)ccc1-c1ccc2c(c1)CCN(C)[C@H]2CCc1cnccc1C(=O)O. The highest BCUT2D eigenvalue weighted by Gasteiger charge is 2.26. The Hall–Kier alpha value is -3.18. The summed E-state index contributed by atoms with van der Waals surface area (Å²) < 4.78 is 0. The van der Waals surface area contributed by atoms with Crippen molar-refractivity contribution in [3.8, 4) is 11.1 Å². The second-order valence-corrected chi connectivity index (χ2v) is 9.73. The molecule has 3 heterocycles. The first-order valence-corrected chi connectivity index (χ1v) is 12.4. The molecule has 2 aliphatic rings. The zero-order valence-corrected chi connectivity index (χ0v) is 20.1. The van der Waals surface area contributed by atoms with Crippen molar-refractivity contribution in [2.24, 2.45) is 0 Å². The number of aromatic nitrogens is 1. The molecule has 1 aromatic heterocycles. The van der Waals surface area contributed by atoms with E-state index in [-0.39, 0.29) is 6.04 Å². The van der Waals surface area contributed by atoms with E-state index in [1.807, 2.05) is 0 Å². The van der Waals surface area contributed by atoms with Gasteiger partial charge in [0, 0.05) is 43.8 Å². The van der Waals surface area contributed by atoms with Crippen LogP contribution in [0.5, 0.6) is 0 Å². The van der Waals surface area contributed by atoms with Crippen LogP contribution < -0.4 is 4.90 Å². The van der Waals surface area contributed by atoms with Gasteiger partial charge in [-0.3, -0.25) is 9.88 Å². The van der Waals surface area contributed by atoms with Gasteiger partial charge < -0.3 is 10.0 Å². The van der Waals surface area contributed by atoms with Crippen molar-refractivity contribution in [2.75, 3.05) is 31.6 Å². The number of rotatable bonds is 6. The molecular weight excluding hydrogens is 422 g/mol. The Morgan fingerprint density at radius 1 is 1.09 bits per heavy atom. The van der Waals surface area contributed by atoms with Crippen molar-refractivity contribution >= 4 is 11.7 Å². The third-order valence-corrected chi connectivity index (χ3v) is 7.58. The number of pyridine rings is 1. The van der Waals surface area contributed by atoms with Gasteiger partial charge in [0.1, 0.15) is 0 Å². The minimum absolute atomic E-state index is 0.276. The highest BCUT2D eigenvalue weighted by molar-refractivity contribution is 5.89. The van der Waals surface area contributed by atoms with Gasteiger partial charge in [0.05, 0.1) is 5.56 Å². The summed E-state index contributed by atoms with van der Waals surface area (Å²) in [5.41, 5.74) is 9.20. The number of benzene rings is 2. The lowest BCUT2D eigenvalue weighted by atomic mass is 9.86. The minimum Gasteiger partial charge on any atom is -0.478 e. The number of carboxylic acid groups (broad SMARTS) is 1. The van der Waals surface area contributed by atoms with E-state index in [9.17, 15) is 9.90 Å². The molecule has 5 rings (SSSR count). The molecule has 0 saturated carbocycles. The molecule has 5 nitrogen and oxygen atoms in total. The smallest absolute Gasteiger partial charge is 0.336 e. The molecule has 34 heavy (non-hydrogen) atoms. The number of aromatic carboxylic acids is 1. The molecule has 1 saturated heterocycles. The van der Waals surface area contributed by atoms with Crippen molar-refractivity contribution in [3.05, 3.63) is 82.7 Å². The number of carbonyl (C=O) groups is 1. The highest BCUT2D eigenvalue weighted by Crippen LogP contribution is 2.36. The molecule has 3 aromatic rings. The number of anilines is 1. The van der Waals surface area contributed by atoms with Crippen molar-refractivity contribution in [3.63, 3.8) is 0 Å². The second kappa shape index (κ2) is 9.59. The summed E-state index contributed by atoms with van der Waals surface area (Å²) in [5.74, 6) is -0.884. The number of carboxylic acids is 1. The molecule has 1 atom stereocenters. The zero-order valence-electron chi connectivity index (χ0n) is 20.1. The summed E-state index contributed by atoms with van der Waals surface area (Å²) in [6.07, 6.45) is 8.44. The summed E-state index contributed by atoms with van der Waals surface area (Å²) in [5, 5.41) is 9.51. The van der Waals surface area contributed by atoms with E-state index >= 15 is 0 Å². The van der Waals surface area contributed by atoms with E-state index < -0.39 is 5.97 Å². The maximum absolute atomic E-state index is 11.6. The lowest BCUT2D eigenvalue weighted by molar-refractivity contribution is 0.0695. The van der Waals surface area contributed by atoms with Crippen LogP contribution in [-0.2, 0) is 12.8 Å². The summed E-state index contributed by atoms with van der Waals surface area (Å²) in [7, 11) is 2.17. The molecule has 0 spiro atoms. The van der Waals surface area contributed by atoms with Gasteiger partial charge in [-0.2, -0.15) is 0 Å². The zero-order chi connectivity index (χ0) is 23.7. The predicted molar refractivity (Wildman–Crippen MR) is 137 cm³/mol. The predicted octanol–water partition coefficient (Wildman–Crippen LogP) is 5.52. The van der Waals surface area contributed by atoms with Crippen molar-refractivity contribution in [2.45, 2.75) is 45.1 Å². The Morgan fingerprint density at radius 3 is 2.68 bits per heavy atom. The summed E-state index contributed by atoms with van der Waals surface area (Å²) >= 11 is 0. The molecule has 2 aromatic carbocycles. The van der Waals surface area contributed by atoms with Crippen LogP contribution in [0.25, 0.3) is 11.1 Å². The van der Waals surface area contributed by atoms with Crippen LogP contribution in [0.1, 0.15) is 57.9 Å². The maximum atomic E-state index is 11.6. The first kappa shape index (κ1) is 22.6. The number of nitrogens with zero attached hydrogens (tertiary/aromatic N) is 3. The van der Waals surface area contributed by atoms with E-state index in [0.717, 1.165) is 24.9 Å². The third-order valence-electron chi connectivity index (χ3n) is 7.58. The van der Waals surface area contributed by atoms with Gasteiger partial charge in [0.15, 0.2) is 0 Å². The first-order chi connectivity index (χ1) is 16.5. The maximum Gasteiger partial charge on any atom is 0.336 e. The summed E-state index contributed by atoms with van der Waals surface area (Å²) in [6.45, 7) is 5.56. The minimum atomic E-state index is -0.884. The van der Waals surface area contributed by atoms with Crippen molar-refractivity contribution in [1.82, 2.24) is 9.88 Å². The highest BCUT2D eigenvalue weighted by atomic mass is 16.4. The molecule has 5 heteroatoms. The van der Waals surface area contributed by atoms with Crippen LogP contribution in [0.4, 0.5) is 5.69 Å². The Kier molecular flexibility index (Phi) is 6.38. The number of aryl methyl sites for hydroxylation is 2. The summed E-state index contributed by atoms with van der Waals surface area (Å²) in [6, 6.07) is 15.7. The third kappa shape index (κ3) is 4.45. The van der Waals surface area contributed by atoms with E-state index in [0.29, 0.717) is 12.0 Å². The van der Waals surface area contributed by atoms with Crippen molar-refractivity contribution < 1.29 is 9.90 Å². The average molecular weight is 456 g/mol. The quantitative estimate of drug-likeness (QED) is 0.531. The van der Waals surface area contributed by atoms with E-state index in [2.05, 4.69) is 65.2 Å². The van der Waals surface area contributed by atoms with Gasteiger partial charge in [-0.25, -0.2) is 4.79 Å². The van der Waals surface area contributed by atoms with Gasteiger partial charge in [0.2, 0.25) is 0 Å².